The fraction of sp³-hybridized carbons (Fsp3) is 0.350. The molecule has 25 heavy (non-hydrogen) atoms. The summed E-state index contributed by atoms with van der Waals surface area (Å²) in [5.74, 6) is 1.39. The first kappa shape index (κ1) is 18.6. The molecule has 1 N–H and O–H groups in total. The summed E-state index contributed by atoms with van der Waals surface area (Å²) in [7, 11) is 3.20. The van der Waals surface area contributed by atoms with Crippen LogP contribution in [0.15, 0.2) is 48.5 Å². The molecule has 0 aliphatic carbocycles. The van der Waals surface area contributed by atoms with E-state index in [0.29, 0.717) is 18.0 Å². The molecule has 0 aromatic heterocycles. The second-order valence-electron chi connectivity index (χ2n) is 6.02. The molecule has 2 aromatic rings. The maximum absolute atomic E-state index is 12.7. The predicted octanol–water partition coefficient (Wildman–Crippen LogP) is 3.55. The Labute approximate surface area is 149 Å². The summed E-state index contributed by atoms with van der Waals surface area (Å²) in [6.45, 7) is 4.84. The molecular weight excluding hydrogens is 316 g/mol. The molecule has 0 aliphatic rings. The van der Waals surface area contributed by atoms with Gasteiger partial charge in [0.15, 0.2) is 0 Å². The summed E-state index contributed by atoms with van der Waals surface area (Å²) in [5, 5.41) is 3.16. The summed E-state index contributed by atoms with van der Waals surface area (Å²) in [4.78, 5) is 14.5. The number of amides is 1. The molecule has 0 radical (unpaired) electrons. The number of ether oxygens (including phenoxy) is 2. The van der Waals surface area contributed by atoms with E-state index in [0.717, 1.165) is 11.3 Å². The van der Waals surface area contributed by atoms with Crippen molar-refractivity contribution in [2.75, 3.05) is 26.1 Å². The number of methoxy groups -OCH3 is 2. The molecule has 2 rings (SSSR count). The van der Waals surface area contributed by atoms with Crippen molar-refractivity contribution in [3.63, 3.8) is 0 Å². The van der Waals surface area contributed by atoms with Gasteiger partial charge in [-0.05, 0) is 31.5 Å². The van der Waals surface area contributed by atoms with Crippen molar-refractivity contribution in [1.82, 2.24) is 4.90 Å². The number of benzene rings is 2. The van der Waals surface area contributed by atoms with Crippen LogP contribution in [0.25, 0.3) is 0 Å². The quantitative estimate of drug-likeness (QED) is 0.797. The van der Waals surface area contributed by atoms with E-state index >= 15 is 0 Å². The lowest BCUT2D eigenvalue weighted by Gasteiger charge is -2.27. The largest absolute Gasteiger partial charge is 0.497 e. The molecular formula is C20H26N2O3. The van der Waals surface area contributed by atoms with E-state index in [1.54, 1.807) is 20.3 Å². The highest BCUT2D eigenvalue weighted by Crippen LogP contribution is 2.28. The summed E-state index contributed by atoms with van der Waals surface area (Å²) in [6, 6.07) is 15.6. The van der Waals surface area contributed by atoms with Crippen molar-refractivity contribution >= 4 is 11.6 Å². The zero-order valence-electron chi connectivity index (χ0n) is 15.3. The van der Waals surface area contributed by atoms with Gasteiger partial charge in [0.2, 0.25) is 5.91 Å². The van der Waals surface area contributed by atoms with Gasteiger partial charge >= 0.3 is 0 Å². The number of carbonyl (C=O) groups excluding carboxylic acids is 1. The lowest BCUT2D eigenvalue weighted by atomic mass is 10.2. The van der Waals surface area contributed by atoms with Crippen LogP contribution in [0.3, 0.4) is 0 Å². The Morgan fingerprint density at radius 1 is 1.08 bits per heavy atom. The molecule has 134 valence electrons. The van der Waals surface area contributed by atoms with Crippen LogP contribution >= 0.6 is 0 Å². The van der Waals surface area contributed by atoms with Crippen molar-refractivity contribution < 1.29 is 14.3 Å². The highest BCUT2D eigenvalue weighted by Gasteiger charge is 2.17. The van der Waals surface area contributed by atoms with E-state index in [4.69, 9.17) is 9.47 Å². The summed E-state index contributed by atoms with van der Waals surface area (Å²) in [5.41, 5.74) is 1.88. The Morgan fingerprint density at radius 3 is 2.40 bits per heavy atom. The molecule has 1 amide bonds. The summed E-state index contributed by atoms with van der Waals surface area (Å²) in [6.07, 6.45) is 0. The van der Waals surface area contributed by atoms with E-state index in [1.165, 1.54) is 0 Å². The predicted molar refractivity (Wildman–Crippen MR) is 100 cm³/mol. The normalized spacial score (nSPS) is 10.4. The minimum atomic E-state index is 0.0386. The van der Waals surface area contributed by atoms with Gasteiger partial charge in [-0.1, -0.05) is 30.3 Å². The van der Waals surface area contributed by atoms with Crippen LogP contribution in [-0.2, 0) is 11.3 Å². The topological polar surface area (TPSA) is 50.8 Å². The van der Waals surface area contributed by atoms with Gasteiger partial charge in [-0.15, -0.1) is 0 Å². The highest BCUT2D eigenvalue weighted by atomic mass is 16.5. The number of nitrogens with one attached hydrogen (secondary N) is 1. The molecule has 2 aromatic carbocycles. The fourth-order valence-electron chi connectivity index (χ4n) is 2.56. The molecule has 0 saturated carbocycles. The average molecular weight is 342 g/mol. The number of hydrogen-bond donors (Lipinski definition) is 1. The minimum absolute atomic E-state index is 0.0386. The fourth-order valence-corrected chi connectivity index (χ4v) is 2.56. The van der Waals surface area contributed by atoms with Gasteiger partial charge in [-0.3, -0.25) is 4.79 Å². The second-order valence-corrected chi connectivity index (χ2v) is 6.02. The van der Waals surface area contributed by atoms with Crippen LogP contribution in [0.2, 0.25) is 0 Å². The molecule has 5 nitrogen and oxygen atoms in total. The smallest absolute Gasteiger partial charge is 0.242 e. The lowest BCUT2D eigenvalue weighted by molar-refractivity contribution is -0.131. The van der Waals surface area contributed by atoms with Gasteiger partial charge in [-0.25, -0.2) is 0 Å². The SMILES string of the molecule is COc1ccc(NCC(=O)N(Cc2ccccc2)C(C)C)c(OC)c1. The molecule has 5 heteroatoms. The van der Waals surface area contributed by atoms with Crippen LogP contribution in [0.4, 0.5) is 5.69 Å². The van der Waals surface area contributed by atoms with Gasteiger partial charge in [0.1, 0.15) is 11.5 Å². The third kappa shape index (κ3) is 5.14. The zero-order chi connectivity index (χ0) is 18.2. The van der Waals surface area contributed by atoms with Gasteiger partial charge in [-0.2, -0.15) is 0 Å². The van der Waals surface area contributed by atoms with Crippen LogP contribution in [0.1, 0.15) is 19.4 Å². The van der Waals surface area contributed by atoms with Crippen LogP contribution in [-0.4, -0.2) is 37.6 Å². The van der Waals surface area contributed by atoms with Crippen LogP contribution in [0, 0.1) is 0 Å². The molecule has 0 bridgehead atoms. The second kappa shape index (κ2) is 8.97. The molecule has 0 fully saturated rings. The number of anilines is 1. The molecule has 0 saturated heterocycles. The molecule has 0 heterocycles. The first-order valence-corrected chi connectivity index (χ1v) is 8.34. The number of hydrogen-bond acceptors (Lipinski definition) is 4. The first-order valence-electron chi connectivity index (χ1n) is 8.34. The van der Waals surface area contributed by atoms with Crippen molar-refractivity contribution in [1.29, 1.82) is 0 Å². The Morgan fingerprint density at radius 2 is 1.80 bits per heavy atom. The monoisotopic (exact) mass is 342 g/mol. The van der Waals surface area contributed by atoms with Crippen LogP contribution in [0.5, 0.6) is 11.5 Å². The summed E-state index contributed by atoms with van der Waals surface area (Å²) >= 11 is 0. The van der Waals surface area contributed by atoms with E-state index in [1.807, 2.05) is 61.2 Å². The van der Waals surface area contributed by atoms with Crippen molar-refractivity contribution in [2.24, 2.45) is 0 Å². The minimum Gasteiger partial charge on any atom is -0.497 e. The van der Waals surface area contributed by atoms with E-state index in [2.05, 4.69) is 5.32 Å². The van der Waals surface area contributed by atoms with Crippen molar-refractivity contribution in [3.05, 3.63) is 54.1 Å². The average Bonchev–Trinajstić information content (AvgIpc) is 2.64. The van der Waals surface area contributed by atoms with E-state index in [-0.39, 0.29) is 18.5 Å². The standard InChI is InChI=1S/C20H26N2O3/c1-15(2)22(14-16-8-6-5-7-9-16)20(23)13-21-18-11-10-17(24-3)12-19(18)25-4/h5-12,15,21H,13-14H2,1-4H3. The Hall–Kier alpha value is -2.69. The van der Waals surface area contributed by atoms with Crippen LogP contribution < -0.4 is 14.8 Å². The van der Waals surface area contributed by atoms with Gasteiger partial charge in [0, 0.05) is 18.7 Å². The third-order valence-electron chi connectivity index (χ3n) is 3.98. The van der Waals surface area contributed by atoms with Gasteiger partial charge in [0.05, 0.1) is 26.5 Å². The highest BCUT2D eigenvalue weighted by molar-refractivity contribution is 5.81. The molecule has 0 atom stereocenters. The third-order valence-corrected chi connectivity index (χ3v) is 3.98. The number of rotatable bonds is 8. The lowest BCUT2D eigenvalue weighted by Crippen LogP contribution is -2.39. The zero-order valence-corrected chi connectivity index (χ0v) is 15.3. The van der Waals surface area contributed by atoms with Gasteiger partial charge in [0.25, 0.3) is 0 Å². The number of carbonyl (C=O) groups is 1. The maximum Gasteiger partial charge on any atom is 0.242 e. The first-order chi connectivity index (χ1) is 12.0. The van der Waals surface area contributed by atoms with Crippen molar-refractivity contribution in [2.45, 2.75) is 26.4 Å². The van der Waals surface area contributed by atoms with Crippen molar-refractivity contribution in [3.8, 4) is 11.5 Å². The molecule has 0 aliphatic heterocycles. The molecule has 0 unspecified atom stereocenters. The van der Waals surface area contributed by atoms with E-state index < -0.39 is 0 Å². The number of nitrogens with zero attached hydrogens (tertiary/aromatic N) is 1. The molecule has 0 spiro atoms. The Balaban J connectivity index is 2.04. The Bertz CT molecular complexity index is 687. The summed E-state index contributed by atoms with van der Waals surface area (Å²) < 4.78 is 10.5. The maximum atomic E-state index is 12.7. The van der Waals surface area contributed by atoms with E-state index in [9.17, 15) is 4.79 Å². The Kier molecular flexibility index (Phi) is 6.69. The van der Waals surface area contributed by atoms with Gasteiger partial charge < -0.3 is 19.7 Å².